The molecule has 4 heteroatoms. The van der Waals surface area contributed by atoms with Gasteiger partial charge < -0.3 is 15.2 Å². The Kier molecular flexibility index (Phi) is 3.36. The molecule has 1 amide bonds. The predicted molar refractivity (Wildman–Crippen MR) is 97.2 cm³/mol. The van der Waals surface area contributed by atoms with Crippen molar-refractivity contribution in [2.75, 3.05) is 0 Å². The van der Waals surface area contributed by atoms with Gasteiger partial charge in [-0.3, -0.25) is 4.79 Å². The van der Waals surface area contributed by atoms with E-state index in [0.29, 0.717) is 16.9 Å². The molecule has 0 bridgehead atoms. The first kappa shape index (κ1) is 16.0. The zero-order chi connectivity index (χ0) is 17.9. The summed E-state index contributed by atoms with van der Waals surface area (Å²) in [7, 11) is 0. The zero-order valence-corrected chi connectivity index (χ0v) is 15.1. The normalized spacial score (nSPS) is 17.3. The first-order valence-electron chi connectivity index (χ1n) is 8.76. The smallest absolute Gasteiger partial charge is 0.255 e. The minimum Gasteiger partial charge on any atom is -0.506 e. The van der Waals surface area contributed by atoms with Crippen molar-refractivity contribution < 1.29 is 14.6 Å². The molecule has 2 aromatic carbocycles. The Bertz CT molecular complexity index is 894. The maximum absolute atomic E-state index is 12.6. The molecule has 4 nitrogen and oxygen atoms in total. The summed E-state index contributed by atoms with van der Waals surface area (Å²) >= 11 is 0. The fourth-order valence-electron chi connectivity index (χ4n) is 3.60. The highest BCUT2D eigenvalue weighted by Gasteiger charge is 2.36. The Balaban J connectivity index is 1.93. The second-order valence-corrected chi connectivity index (χ2v) is 7.70. The lowest BCUT2D eigenvalue weighted by atomic mass is 9.83. The van der Waals surface area contributed by atoms with Crippen LogP contribution < -0.4 is 10.1 Å². The first-order valence-corrected chi connectivity index (χ1v) is 8.76. The molecule has 0 unspecified atom stereocenters. The molecule has 0 radical (unpaired) electrons. The molecule has 0 spiro atoms. The Morgan fingerprint density at radius 2 is 1.96 bits per heavy atom. The summed E-state index contributed by atoms with van der Waals surface area (Å²) in [5.74, 6) is 0.427. The SMILES string of the molecule is Cc1ccc2c(c1)-c1c(cc(C)c(C(=O)NC3CC3)c1O)OC2(C)C. The van der Waals surface area contributed by atoms with Gasteiger partial charge in [-0.05, 0) is 57.7 Å². The van der Waals surface area contributed by atoms with Gasteiger partial charge in [0, 0.05) is 11.6 Å². The van der Waals surface area contributed by atoms with Crippen LogP contribution in [0.4, 0.5) is 0 Å². The monoisotopic (exact) mass is 337 g/mol. The fraction of sp³-hybridized carbons (Fsp3) is 0.381. The topological polar surface area (TPSA) is 58.6 Å². The van der Waals surface area contributed by atoms with Crippen molar-refractivity contribution in [2.45, 2.75) is 52.2 Å². The van der Waals surface area contributed by atoms with Crippen molar-refractivity contribution in [1.82, 2.24) is 5.32 Å². The first-order chi connectivity index (χ1) is 11.8. The molecule has 2 N–H and O–H groups in total. The van der Waals surface area contributed by atoms with Crippen molar-refractivity contribution in [2.24, 2.45) is 0 Å². The highest BCUT2D eigenvalue weighted by atomic mass is 16.5. The molecule has 0 saturated heterocycles. The van der Waals surface area contributed by atoms with Crippen molar-refractivity contribution in [3.05, 3.63) is 46.5 Å². The third-order valence-corrected chi connectivity index (χ3v) is 5.06. The van der Waals surface area contributed by atoms with Crippen LogP contribution in [0, 0.1) is 13.8 Å². The number of hydrogen-bond donors (Lipinski definition) is 2. The van der Waals surface area contributed by atoms with Gasteiger partial charge in [-0.25, -0.2) is 0 Å². The van der Waals surface area contributed by atoms with Gasteiger partial charge in [0.1, 0.15) is 17.1 Å². The molecule has 130 valence electrons. The van der Waals surface area contributed by atoms with Gasteiger partial charge in [0.25, 0.3) is 5.91 Å². The fourth-order valence-corrected chi connectivity index (χ4v) is 3.60. The molecule has 0 atom stereocenters. The van der Waals surface area contributed by atoms with Gasteiger partial charge in [0.05, 0.1) is 11.1 Å². The van der Waals surface area contributed by atoms with Crippen molar-refractivity contribution in [3.8, 4) is 22.6 Å². The lowest BCUT2D eigenvalue weighted by molar-refractivity contribution is 0.0946. The van der Waals surface area contributed by atoms with E-state index in [0.717, 1.165) is 35.1 Å². The average Bonchev–Trinajstić information content (AvgIpc) is 3.29. The number of ether oxygens (including phenoxy) is 1. The standard InChI is InChI=1S/C21H23NO3/c1-11-5-8-15-14(9-11)18-16(25-21(15,3)4)10-12(2)17(19(18)23)20(24)22-13-6-7-13/h5,8-10,13,23H,6-7H2,1-4H3,(H,22,24). The van der Waals surface area contributed by atoms with Gasteiger partial charge in [-0.15, -0.1) is 0 Å². The Morgan fingerprint density at radius 3 is 2.64 bits per heavy atom. The third-order valence-electron chi connectivity index (χ3n) is 5.06. The number of phenols is 1. The van der Waals surface area contributed by atoms with E-state index in [4.69, 9.17) is 4.74 Å². The Morgan fingerprint density at radius 1 is 1.24 bits per heavy atom. The lowest BCUT2D eigenvalue weighted by Crippen LogP contribution is -2.30. The van der Waals surface area contributed by atoms with Crippen LogP contribution in [0.25, 0.3) is 11.1 Å². The van der Waals surface area contributed by atoms with E-state index in [9.17, 15) is 9.90 Å². The van der Waals surface area contributed by atoms with E-state index >= 15 is 0 Å². The molecule has 1 heterocycles. The van der Waals surface area contributed by atoms with Gasteiger partial charge in [0.15, 0.2) is 0 Å². The Labute approximate surface area is 147 Å². The number of aryl methyl sites for hydroxylation is 2. The number of phenolic OH excluding ortho intramolecular Hbond substituents is 1. The quantitative estimate of drug-likeness (QED) is 0.863. The van der Waals surface area contributed by atoms with Crippen molar-refractivity contribution in [1.29, 1.82) is 0 Å². The van der Waals surface area contributed by atoms with Crippen LogP contribution in [0.5, 0.6) is 11.5 Å². The summed E-state index contributed by atoms with van der Waals surface area (Å²) < 4.78 is 6.18. The predicted octanol–water partition coefficient (Wildman–Crippen LogP) is 4.20. The van der Waals surface area contributed by atoms with Gasteiger partial charge >= 0.3 is 0 Å². The van der Waals surface area contributed by atoms with E-state index in [-0.39, 0.29) is 17.7 Å². The molecule has 1 aliphatic carbocycles. The summed E-state index contributed by atoms with van der Waals surface area (Å²) in [5.41, 5.74) is 4.24. The van der Waals surface area contributed by atoms with Crippen LogP contribution in [0.1, 0.15) is 53.7 Å². The maximum Gasteiger partial charge on any atom is 0.255 e. The molecular weight excluding hydrogens is 314 g/mol. The molecule has 2 aliphatic rings. The van der Waals surface area contributed by atoms with Crippen LogP contribution in [-0.2, 0) is 5.60 Å². The number of fused-ring (bicyclic) bond motifs is 3. The molecule has 1 saturated carbocycles. The summed E-state index contributed by atoms with van der Waals surface area (Å²) in [6.07, 6.45) is 2.02. The number of hydrogen-bond acceptors (Lipinski definition) is 3. The molecule has 25 heavy (non-hydrogen) atoms. The van der Waals surface area contributed by atoms with E-state index in [1.807, 2.05) is 45.9 Å². The van der Waals surface area contributed by atoms with Crippen LogP contribution in [0.15, 0.2) is 24.3 Å². The molecule has 4 rings (SSSR count). The van der Waals surface area contributed by atoms with Crippen LogP contribution >= 0.6 is 0 Å². The summed E-state index contributed by atoms with van der Waals surface area (Å²) in [4.78, 5) is 12.6. The van der Waals surface area contributed by atoms with Crippen LogP contribution in [0.3, 0.4) is 0 Å². The van der Waals surface area contributed by atoms with Crippen LogP contribution in [-0.4, -0.2) is 17.1 Å². The zero-order valence-electron chi connectivity index (χ0n) is 15.1. The molecular formula is C21H23NO3. The molecule has 0 aromatic heterocycles. The van der Waals surface area contributed by atoms with Crippen LogP contribution in [0.2, 0.25) is 0 Å². The summed E-state index contributed by atoms with van der Waals surface area (Å²) in [5, 5.41) is 14.0. The number of benzene rings is 2. The van der Waals surface area contributed by atoms with Gasteiger partial charge in [-0.2, -0.15) is 0 Å². The maximum atomic E-state index is 12.6. The van der Waals surface area contributed by atoms with E-state index < -0.39 is 5.60 Å². The lowest BCUT2D eigenvalue weighted by Gasteiger charge is -2.36. The summed E-state index contributed by atoms with van der Waals surface area (Å²) in [6, 6.07) is 8.24. The highest BCUT2D eigenvalue weighted by Crippen LogP contribution is 2.51. The number of rotatable bonds is 2. The molecule has 2 aromatic rings. The van der Waals surface area contributed by atoms with Gasteiger partial charge in [-0.1, -0.05) is 23.8 Å². The minimum atomic E-state index is -0.493. The number of amides is 1. The largest absolute Gasteiger partial charge is 0.506 e. The van der Waals surface area contributed by atoms with E-state index in [1.165, 1.54) is 0 Å². The number of carbonyl (C=O) groups excluding carboxylic acids is 1. The van der Waals surface area contributed by atoms with E-state index in [1.54, 1.807) is 0 Å². The van der Waals surface area contributed by atoms with Crippen molar-refractivity contribution in [3.63, 3.8) is 0 Å². The Hall–Kier alpha value is -2.49. The highest BCUT2D eigenvalue weighted by molar-refractivity contribution is 6.02. The number of nitrogens with one attached hydrogen (secondary N) is 1. The third kappa shape index (κ3) is 2.56. The minimum absolute atomic E-state index is 0.00972. The van der Waals surface area contributed by atoms with Crippen molar-refractivity contribution >= 4 is 5.91 Å². The molecule has 1 aliphatic heterocycles. The second kappa shape index (κ2) is 5.25. The summed E-state index contributed by atoms with van der Waals surface area (Å²) in [6.45, 7) is 7.90. The number of aromatic hydroxyl groups is 1. The second-order valence-electron chi connectivity index (χ2n) is 7.70. The number of carbonyl (C=O) groups is 1. The molecule has 1 fully saturated rings. The van der Waals surface area contributed by atoms with E-state index in [2.05, 4.69) is 11.4 Å². The van der Waals surface area contributed by atoms with Gasteiger partial charge in [0.2, 0.25) is 0 Å². The average molecular weight is 337 g/mol.